The number of hydrogen-bond acceptors (Lipinski definition) is 3. The van der Waals surface area contributed by atoms with Gasteiger partial charge in [-0.3, -0.25) is 4.90 Å². The van der Waals surface area contributed by atoms with E-state index in [2.05, 4.69) is 6.92 Å². The molecule has 0 unspecified atom stereocenters. The number of amides is 2. The summed E-state index contributed by atoms with van der Waals surface area (Å²) < 4.78 is 24.6. The smallest absolute Gasteiger partial charge is 0.314 e. The standard InChI is InChI=1S/C21H24N2O3S/c1-3-16-8-10-18(11-9-16)23-20-14-27(25,26)13-19(20)22(21(23)24)12-17-6-4-15(2)5-7-17/h4-11,19-20H,3,12-14H2,1-2H3/t19-,20+/m0/s1. The number of fused-ring (bicyclic) bond motifs is 1. The summed E-state index contributed by atoms with van der Waals surface area (Å²) >= 11 is 0. The third-order valence-corrected chi connectivity index (χ3v) is 7.27. The molecule has 2 aliphatic rings. The van der Waals surface area contributed by atoms with Crippen molar-refractivity contribution < 1.29 is 13.2 Å². The van der Waals surface area contributed by atoms with Crippen molar-refractivity contribution in [2.24, 2.45) is 0 Å². The lowest BCUT2D eigenvalue weighted by atomic mass is 10.1. The number of rotatable bonds is 4. The number of nitrogens with zero attached hydrogens (tertiary/aromatic N) is 2. The second-order valence-corrected chi connectivity index (χ2v) is 9.65. The lowest BCUT2D eigenvalue weighted by molar-refractivity contribution is 0.206. The molecule has 27 heavy (non-hydrogen) atoms. The number of urea groups is 1. The van der Waals surface area contributed by atoms with E-state index in [4.69, 9.17) is 0 Å². The van der Waals surface area contributed by atoms with E-state index >= 15 is 0 Å². The minimum atomic E-state index is -3.15. The number of carbonyl (C=O) groups is 1. The molecule has 4 rings (SSSR count). The molecule has 2 heterocycles. The van der Waals surface area contributed by atoms with Crippen molar-refractivity contribution in [3.63, 3.8) is 0 Å². The Morgan fingerprint density at radius 3 is 2.15 bits per heavy atom. The van der Waals surface area contributed by atoms with Crippen LogP contribution in [0.1, 0.15) is 23.6 Å². The van der Waals surface area contributed by atoms with Crippen molar-refractivity contribution >= 4 is 21.6 Å². The molecule has 2 atom stereocenters. The highest BCUT2D eigenvalue weighted by Gasteiger charge is 2.53. The fourth-order valence-corrected chi connectivity index (χ4v) is 6.00. The zero-order chi connectivity index (χ0) is 19.2. The van der Waals surface area contributed by atoms with Gasteiger partial charge in [-0.2, -0.15) is 0 Å². The summed E-state index contributed by atoms with van der Waals surface area (Å²) in [5.41, 5.74) is 4.14. The maximum absolute atomic E-state index is 13.2. The lowest BCUT2D eigenvalue weighted by Crippen LogP contribution is -2.37. The molecule has 0 bridgehead atoms. The van der Waals surface area contributed by atoms with Gasteiger partial charge in [0.1, 0.15) is 0 Å². The molecule has 0 spiro atoms. The first kappa shape index (κ1) is 18.0. The normalized spacial score (nSPS) is 23.7. The molecule has 2 saturated heterocycles. The van der Waals surface area contributed by atoms with Gasteiger partial charge in [-0.05, 0) is 36.6 Å². The van der Waals surface area contributed by atoms with E-state index in [1.54, 1.807) is 9.80 Å². The molecule has 0 N–H and O–H groups in total. The van der Waals surface area contributed by atoms with E-state index in [1.807, 2.05) is 55.5 Å². The number of aryl methyl sites for hydroxylation is 2. The number of hydrogen-bond donors (Lipinski definition) is 0. The Morgan fingerprint density at radius 2 is 1.52 bits per heavy atom. The third-order valence-electron chi connectivity index (χ3n) is 5.57. The summed E-state index contributed by atoms with van der Waals surface area (Å²) in [7, 11) is -3.15. The first-order chi connectivity index (χ1) is 12.9. The molecule has 0 aromatic heterocycles. The molecule has 0 radical (unpaired) electrons. The zero-order valence-corrected chi connectivity index (χ0v) is 16.4. The number of anilines is 1. The Kier molecular flexibility index (Phi) is 4.46. The van der Waals surface area contributed by atoms with Crippen molar-refractivity contribution in [2.45, 2.75) is 38.9 Å². The van der Waals surface area contributed by atoms with Crippen LogP contribution in [0, 0.1) is 6.92 Å². The van der Waals surface area contributed by atoms with Crippen LogP contribution in [0.4, 0.5) is 10.5 Å². The van der Waals surface area contributed by atoms with E-state index in [9.17, 15) is 13.2 Å². The van der Waals surface area contributed by atoms with Crippen LogP contribution in [-0.2, 0) is 22.8 Å². The van der Waals surface area contributed by atoms with Crippen molar-refractivity contribution in [3.05, 3.63) is 65.2 Å². The molecule has 0 aliphatic carbocycles. The highest BCUT2D eigenvalue weighted by Crippen LogP contribution is 2.36. The summed E-state index contributed by atoms with van der Waals surface area (Å²) in [4.78, 5) is 16.6. The van der Waals surface area contributed by atoms with Crippen molar-refractivity contribution in [3.8, 4) is 0 Å². The Bertz CT molecular complexity index is 952. The maximum Gasteiger partial charge on any atom is 0.325 e. The van der Waals surface area contributed by atoms with Crippen LogP contribution in [0.25, 0.3) is 0 Å². The first-order valence-electron chi connectivity index (χ1n) is 9.33. The van der Waals surface area contributed by atoms with Gasteiger partial charge in [-0.15, -0.1) is 0 Å². The van der Waals surface area contributed by atoms with Crippen molar-refractivity contribution in [2.75, 3.05) is 16.4 Å². The van der Waals surface area contributed by atoms with Crippen molar-refractivity contribution in [1.82, 2.24) is 4.90 Å². The molecule has 2 aromatic carbocycles. The summed E-state index contributed by atoms with van der Waals surface area (Å²) in [6.07, 6.45) is 0.925. The molecule has 5 nitrogen and oxygen atoms in total. The quantitative estimate of drug-likeness (QED) is 0.761. The van der Waals surface area contributed by atoms with Crippen LogP contribution in [0.5, 0.6) is 0 Å². The molecule has 2 aromatic rings. The van der Waals surface area contributed by atoms with Crippen LogP contribution in [0.15, 0.2) is 48.5 Å². The summed E-state index contributed by atoms with van der Waals surface area (Å²) in [5.74, 6) is 0.0716. The predicted octanol–water partition coefficient (Wildman–Crippen LogP) is 3.17. The molecule has 6 heteroatoms. The SMILES string of the molecule is CCc1ccc(N2C(=O)N(Cc3ccc(C)cc3)[C@H]3CS(=O)(=O)C[C@H]32)cc1. The van der Waals surface area contributed by atoms with Gasteiger partial charge in [0.15, 0.2) is 9.84 Å². The topological polar surface area (TPSA) is 57.7 Å². The Hall–Kier alpha value is -2.34. The monoisotopic (exact) mass is 384 g/mol. The zero-order valence-electron chi connectivity index (χ0n) is 15.6. The van der Waals surface area contributed by atoms with Gasteiger partial charge in [-0.25, -0.2) is 13.2 Å². The first-order valence-corrected chi connectivity index (χ1v) is 11.1. The molecule has 0 saturated carbocycles. The number of carbonyl (C=O) groups excluding carboxylic acids is 1. The Labute approximate surface area is 160 Å². The average molecular weight is 385 g/mol. The second kappa shape index (κ2) is 6.68. The Balaban J connectivity index is 1.67. The summed E-state index contributed by atoms with van der Waals surface area (Å²) in [5, 5.41) is 0. The fourth-order valence-electron chi connectivity index (χ4n) is 4.05. The molecular formula is C21H24N2O3S. The van der Waals surface area contributed by atoms with Crippen molar-refractivity contribution in [1.29, 1.82) is 0 Å². The minimum Gasteiger partial charge on any atom is -0.314 e. The second-order valence-electron chi connectivity index (χ2n) is 7.50. The van der Waals surface area contributed by atoms with E-state index in [1.165, 1.54) is 5.56 Å². The molecule has 142 valence electrons. The van der Waals surface area contributed by atoms with E-state index in [-0.39, 0.29) is 29.6 Å². The lowest BCUT2D eigenvalue weighted by Gasteiger charge is -2.23. The minimum absolute atomic E-state index is 0.0311. The highest BCUT2D eigenvalue weighted by atomic mass is 32.2. The molecular weight excluding hydrogens is 360 g/mol. The third kappa shape index (κ3) is 3.34. The van der Waals surface area contributed by atoms with Gasteiger partial charge in [0.2, 0.25) is 0 Å². The van der Waals surface area contributed by atoms with E-state index < -0.39 is 9.84 Å². The van der Waals surface area contributed by atoms with Gasteiger partial charge in [0, 0.05) is 12.2 Å². The van der Waals surface area contributed by atoms with E-state index in [0.29, 0.717) is 6.54 Å². The van der Waals surface area contributed by atoms with E-state index in [0.717, 1.165) is 23.2 Å². The van der Waals surface area contributed by atoms with Crippen LogP contribution < -0.4 is 4.90 Å². The van der Waals surface area contributed by atoms with Crippen LogP contribution >= 0.6 is 0 Å². The molecule has 2 amide bonds. The average Bonchev–Trinajstić information content (AvgIpc) is 3.07. The largest absolute Gasteiger partial charge is 0.325 e. The van der Waals surface area contributed by atoms with Gasteiger partial charge in [-0.1, -0.05) is 48.9 Å². The van der Waals surface area contributed by atoms with Crippen LogP contribution in [0.3, 0.4) is 0 Å². The predicted molar refractivity (Wildman–Crippen MR) is 107 cm³/mol. The van der Waals surface area contributed by atoms with Gasteiger partial charge >= 0.3 is 6.03 Å². The summed E-state index contributed by atoms with van der Waals surface area (Å²) in [6, 6.07) is 15.2. The van der Waals surface area contributed by atoms with Gasteiger partial charge < -0.3 is 4.90 Å². The number of benzene rings is 2. The summed E-state index contributed by atoms with van der Waals surface area (Å²) in [6.45, 7) is 4.53. The van der Waals surface area contributed by atoms with Crippen LogP contribution in [-0.4, -0.2) is 42.9 Å². The van der Waals surface area contributed by atoms with Gasteiger partial charge in [0.05, 0.1) is 23.6 Å². The van der Waals surface area contributed by atoms with Gasteiger partial charge in [0.25, 0.3) is 0 Å². The molecule has 2 fully saturated rings. The van der Waals surface area contributed by atoms with Crippen LogP contribution in [0.2, 0.25) is 0 Å². The fraction of sp³-hybridized carbons (Fsp3) is 0.381. The molecule has 2 aliphatic heterocycles. The highest BCUT2D eigenvalue weighted by molar-refractivity contribution is 7.91. The Morgan fingerprint density at radius 1 is 0.926 bits per heavy atom. The maximum atomic E-state index is 13.2. The number of sulfone groups is 1.